The van der Waals surface area contributed by atoms with Gasteiger partial charge in [0.05, 0.1) is 6.61 Å². The van der Waals surface area contributed by atoms with Crippen LogP contribution in [0.4, 0.5) is 17.1 Å². The minimum absolute atomic E-state index is 0.292. The Hall–Kier alpha value is -3.74. The number of rotatable bonds is 6. The molecule has 4 rings (SSSR count). The molecule has 7 heteroatoms. The molecule has 0 fully saturated rings. The average molecular weight is 391 g/mol. The minimum Gasteiger partial charge on any atom is -0.494 e. The van der Waals surface area contributed by atoms with Crippen LogP contribution in [-0.4, -0.2) is 30.7 Å². The Morgan fingerprint density at radius 1 is 0.966 bits per heavy atom. The van der Waals surface area contributed by atoms with E-state index in [4.69, 9.17) is 14.2 Å². The normalized spacial score (nSPS) is 12.2. The van der Waals surface area contributed by atoms with Crippen LogP contribution in [0.25, 0.3) is 0 Å². The predicted molar refractivity (Wildman–Crippen MR) is 111 cm³/mol. The Morgan fingerprint density at radius 2 is 1.69 bits per heavy atom. The zero-order chi connectivity index (χ0) is 20.1. The monoisotopic (exact) mass is 391 g/mol. The molecular formula is C22H21N3O4. The van der Waals surface area contributed by atoms with Gasteiger partial charge in [0.2, 0.25) is 0 Å². The summed E-state index contributed by atoms with van der Waals surface area (Å²) in [5.41, 5.74) is 2.55. The molecule has 3 aromatic rings. The molecule has 0 spiro atoms. The molecule has 1 aromatic heterocycles. The van der Waals surface area contributed by atoms with Gasteiger partial charge in [0.15, 0.2) is 11.5 Å². The van der Waals surface area contributed by atoms with Gasteiger partial charge >= 0.3 is 0 Å². The molecule has 0 unspecified atom stereocenters. The van der Waals surface area contributed by atoms with Crippen LogP contribution in [-0.2, 0) is 0 Å². The molecule has 1 aliphatic rings. The maximum atomic E-state index is 12.6. The van der Waals surface area contributed by atoms with Crippen LogP contribution in [0.2, 0.25) is 0 Å². The van der Waals surface area contributed by atoms with E-state index in [0.717, 1.165) is 22.9 Å². The summed E-state index contributed by atoms with van der Waals surface area (Å²) in [5.74, 6) is 1.89. The number of anilines is 3. The lowest BCUT2D eigenvalue weighted by molar-refractivity contribution is 0.102. The highest BCUT2D eigenvalue weighted by molar-refractivity contribution is 6.03. The summed E-state index contributed by atoms with van der Waals surface area (Å²) in [7, 11) is 0. The van der Waals surface area contributed by atoms with Gasteiger partial charge in [-0.3, -0.25) is 9.78 Å². The van der Waals surface area contributed by atoms with Crippen LogP contribution >= 0.6 is 0 Å². The summed E-state index contributed by atoms with van der Waals surface area (Å²) < 4.78 is 16.5. The van der Waals surface area contributed by atoms with Gasteiger partial charge in [0.25, 0.3) is 5.91 Å². The number of hydrogen-bond acceptors (Lipinski definition) is 6. The lowest BCUT2D eigenvalue weighted by Gasteiger charge is -2.19. The predicted octanol–water partition coefficient (Wildman–Crippen LogP) is 4.25. The van der Waals surface area contributed by atoms with Gasteiger partial charge in [-0.2, -0.15) is 0 Å². The molecule has 0 bridgehead atoms. The molecule has 2 heterocycles. The smallest absolute Gasteiger partial charge is 0.274 e. The van der Waals surface area contributed by atoms with E-state index in [2.05, 4.69) is 15.6 Å². The number of nitrogens with zero attached hydrogens (tertiary/aromatic N) is 1. The summed E-state index contributed by atoms with van der Waals surface area (Å²) in [6, 6.07) is 16.3. The van der Waals surface area contributed by atoms with Crippen molar-refractivity contribution >= 4 is 23.0 Å². The highest BCUT2D eigenvalue weighted by atomic mass is 16.6. The van der Waals surface area contributed by atoms with Crippen LogP contribution in [0.3, 0.4) is 0 Å². The summed E-state index contributed by atoms with van der Waals surface area (Å²) >= 11 is 0. The first-order valence-corrected chi connectivity index (χ1v) is 9.38. The third-order valence-electron chi connectivity index (χ3n) is 4.25. The number of fused-ring (bicyclic) bond motifs is 1. The van der Waals surface area contributed by atoms with E-state index in [1.165, 1.54) is 0 Å². The van der Waals surface area contributed by atoms with E-state index >= 15 is 0 Å². The first kappa shape index (κ1) is 18.6. The van der Waals surface area contributed by atoms with Gasteiger partial charge in [-0.25, -0.2) is 0 Å². The second kappa shape index (κ2) is 8.52. The zero-order valence-electron chi connectivity index (χ0n) is 16.0. The van der Waals surface area contributed by atoms with Crippen molar-refractivity contribution in [1.82, 2.24) is 4.98 Å². The topological polar surface area (TPSA) is 81.7 Å². The number of hydrogen-bond donors (Lipinski definition) is 2. The molecule has 2 aromatic carbocycles. The van der Waals surface area contributed by atoms with E-state index in [9.17, 15) is 4.79 Å². The van der Waals surface area contributed by atoms with Crippen LogP contribution in [0.1, 0.15) is 17.4 Å². The van der Waals surface area contributed by atoms with Crippen molar-refractivity contribution in [3.63, 3.8) is 0 Å². The Morgan fingerprint density at radius 3 is 2.48 bits per heavy atom. The number of nitrogens with one attached hydrogen (secondary N) is 2. The van der Waals surface area contributed by atoms with Crippen LogP contribution in [0.15, 0.2) is 60.8 Å². The SMILES string of the molecule is CCOc1ccc(NC(=O)c2cc(Nc3ccc4c(c3)OCCO4)ccn2)cc1. The molecule has 148 valence electrons. The average Bonchev–Trinajstić information content (AvgIpc) is 2.75. The summed E-state index contributed by atoms with van der Waals surface area (Å²) in [6.07, 6.45) is 1.59. The fourth-order valence-corrected chi connectivity index (χ4v) is 2.92. The third kappa shape index (κ3) is 4.57. The van der Waals surface area contributed by atoms with Gasteiger partial charge < -0.3 is 24.8 Å². The largest absolute Gasteiger partial charge is 0.494 e. The van der Waals surface area contributed by atoms with Crippen LogP contribution in [0.5, 0.6) is 17.2 Å². The standard InChI is InChI=1S/C22H21N3O4/c1-2-27-18-6-3-15(4-7-18)25-22(26)19-13-17(9-10-23-19)24-16-5-8-20-21(14-16)29-12-11-28-20/h3-10,13-14H,2,11-12H2,1H3,(H,23,24)(H,25,26). The fourth-order valence-electron chi connectivity index (χ4n) is 2.92. The third-order valence-corrected chi connectivity index (χ3v) is 4.25. The Kier molecular flexibility index (Phi) is 5.47. The molecule has 2 N–H and O–H groups in total. The first-order valence-electron chi connectivity index (χ1n) is 9.38. The minimum atomic E-state index is -0.292. The number of aromatic nitrogens is 1. The second-order valence-corrected chi connectivity index (χ2v) is 6.32. The molecule has 1 amide bonds. The molecule has 0 aliphatic carbocycles. The van der Waals surface area contributed by atoms with Crippen molar-refractivity contribution in [2.75, 3.05) is 30.5 Å². The lowest BCUT2D eigenvalue weighted by atomic mass is 10.2. The summed E-state index contributed by atoms with van der Waals surface area (Å²) in [4.78, 5) is 16.7. The first-order chi connectivity index (χ1) is 14.2. The molecular weight excluding hydrogens is 370 g/mol. The van der Waals surface area contributed by atoms with E-state index in [1.807, 2.05) is 37.3 Å². The quantitative estimate of drug-likeness (QED) is 0.654. The van der Waals surface area contributed by atoms with Gasteiger partial charge in [-0.1, -0.05) is 0 Å². The molecule has 0 atom stereocenters. The number of pyridine rings is 1. The van der Waals surface area contributed by atoms with Crippen molar-refractivity contribution in [1.29, 1.82) is 0 Å². The van der Waals surface area contributed by atoms with E-state index < -0.39 is 0 Å². The maximum absolute atomic E-state index is 12.6. The molecule has 29 heavy (non-hydrogen) atoms. The molecule has 0 saturated heterocycles. The number of carbonyl (C=O) groups excluding carboxylic acids is 1. The van der Waals surface area contributed by atoms with Gasteiger partial charge in [0, 0.05) is 29.3 Å². The number of ether oxygens (including phenoxy) is 3. The Labute approximate surface area is 168 Å². The van der Waals surface area contributed by atoms with E-state index in [1.54, 1.807) is 30.5 Å². The van der Waals surface area contributed by atoms with E-state index in [0.29, 0.717) is 37.0 Å². The van der Waals surface area contributed by atoms with Crippen molar-refractivity contribution in [3.05, 3.63) is 66.5 Å². The highest BCUT2D eigenvalue weighted by Gasteiger charge is 2.13. The van der Waals surface area contributed by atoms with Gasteiger partial charge in [-0.05, 0) is 55.5 Å². The van der Waals surface area contributed by atoms with E-state index in [-0.39, 0.29) is 5.91 Å². The summed E-state index contributed by atoms with van der Waals surface area (Å²) in [6.45, 7) is 3.60. The van der Waals surface area contributed by atoms with Crippen molar-refractivity contribution in [2.45, 2.75) is 6.92 Å². The number of amides is 1. The number of benzene rings is 2. The van der Waals surface area contributed by atoms with Crippen molar-refractivity contribution in [3.8, 4) is 17.2 Å². The summed E-state index contributed by atoms with van der Waals surface area (Å²) in [5, 5.41) is 6.10. The highest BCUT2D eigenvalue weighted by Crippen LogP contribution is 2.33. The van der Waals surface area contributed by atoms with Crippen molar-refractivity contribution in [2.24, 2.45) is 0 Å². The zero-order valence-corrected chi connectivity index (χ0v) is 16.0. The maximum Gasteiger partial charge on any atom is 0.274 e. The molecule has 0 saturated carbocycles. The van der Waals surface area contributed by atoms with Crippen molar-refractivity contribution < 1.29 is 19.0 Å². The molecule has 7 nitrogen and oxygen atoms in total. The fraction of sp³-hybridized carbons (Fsp3) is 0.182. The lowest BCUT2D eigenvalue weighted by Crippen LogP contribution is -2.15. The van der Waals surface area contributed by atoms with Gasteiger partial charge in [-0.15, -0.1) is 0 Å². The second-order valence-electron chi connectivity index (χ2n) is 6.32. The van der Waals surface area contributed by atoms with Crippen LogP contribution in [0, 0.1) is 0 Å². The Balaban J connectivity index is 1.44. The molecule has 1 aliphatic heterocycles. The number of carbonyl (C=O) groups is 1. The Bertz CT molecular complexity index is 1010. The molecule has 0 radical (unpaired) electrons. The van der Waals surface area contributed by atoms with Crippen LogP contribution < -0.4 is 24.8 Å². The van der Waals surface area contributed by atoms with Gasteiger partial charge in [0.1, 0.15) is 24.7 Å².